The number of ether oxygens (including phenoxy) is 1. The molecule has 0 amide bonds. The lowest BCUT2D eigenvalue weighted by atomic mass is 10.1. The molecule has 0 saturated heterocycles. The summed E-state index contributed by atoms with van der Waals surface area (Å²) in [6, 6.07) is 0. The van der Waals surface area contributed by atoms with E-state index in [4.69, 9.17) is 4.74 Å². The van der Waals surface area contributed by atoms with Crippen LogP contribution in [0.15, 0.2) is 25.3 Å². The number of rotatable bonds is 17. The van der Waals surface area contributed by atoms with Crippen LogP contribution in [0.25, 0.3) is 0 Å². The number of hydrogen-bond donors (Lipinski definition) is 0. The normalized spacial score (nSPS) is 10.4. The molecule has 0 heterocycles. The van der Waals surface area contributed by atoms with E-state index in [1.165, 1.54) is 64.2 Å². The monoisotopic (exact) mass is 308 g/mol. The van der Waals surface area contributed by atoms with Crippen LogP contribution in [0.3, 0.4) is 0 Å². The summed E-state index contributed by atoms with van der Waals surface area (Å²) < 4.78 is 5.20. The van der Waals surface area contributed by atoms with Gasteiger partial charge in [-0.05, 0) is 32.1 Å². The van der Waals surface area contributed by atoms with Crippen LogP contribution in [0, 0.1) is 0 Å². The Bertz CT molecular complexity index is 271. The van der Waals surface area contributed by atoms with Gasteiger partial charge in [0.15, 0.2) is 0 Å². The van der Waals surface area contributed by atoms with Gasteiger partial charge in [0.25, 0.3) is 0 Å². The molecule has 0 atom stereocenters. The molecule has 0 aliphatic heterocycles. The average Bonchev–Trinajstić information content (AvgIpc) is 2.52. The molecule has 0 aliphatic carbocycles. The largest absolute Gasteiger partial charge is 0.466 e. The molecular weight excluding hydrogens is 272 g/mol. The Morgan fingerprint density at radius 3 is 1.68 bits per heavy atom. The second kappa shape index (κ2) is 18.0. The Morgan fingerprint density at radius 2 is 1.14 bits per heavy atom. The average molecular weight is 309 g/mol. The van der Waals surface area contributed by atoms with Crippen LogP contribution in [0.5, 0.6) is 0 Å². The lowest BCUT2D eigenvalue weighted by Crippen LogP contribution is -2.05. The van der Waals surface area contributed by atoms with Crippen molar-refractivity contribution in [2.45, 2.75) is 89.9 Å². The molecule has 22 heavy (non-hydrogen) atoms. The molecule has 0 saturated carbocycles. The Kier molecular flexibility index (Phi) is 17.1. The van der Waals surface area contributed by atoms with Crippen LogP contribution in [0.2, 0.25) is 0 Å². The van der Waals surface area contributed by atoms with Gasteiger partial charge in [-0.15, -0.1) is 13.2 Å². The summed E-state index contributed by atoms with van der Waals surface area (Å²) in [6.07, 6.45) is 20.2. The van der Waals surface area contributed by atoms with Crippen molar-refractivity contribution in [3.05, 3.63) is 25.3 Å². The minimum Gasteiger partial charge on any atom is -0.466 e. The summed E-state index contributed by atoms with van der Waals surface area (Å²) >= 11 is 0. The molecule has 0 fully saturated rings. The molecule has 0 aromatic heterocycles. The zero-order chi connectivity index (χ0) is 16.3. The summed E-state index contributed by atoms with van der Waals surface area (Å²) in [5.41, 5.74) is 0. The fraction of sp³-hybridized carbons (Fsp3) is 0.750. The van der Waals surface area contributed by atoms with Gasteiger partial charge in [-0.2, -0.15) is 0 Å². The second-order valence-corrected chi connectivity index (χ2v) is 6.01. The maximum absolute atomic E-state index is 11.4. The Labute approximate surface area is 138 Å². The lowest BCUT2D eigenvalue weighted by Gasteiger charge is -2.05. The van der Waals surface area contributed by atoms with Crippen molar-refractivity contribution in [3.63, 3.8) is 0 Å². The van der Waals surface area contributed by atoms with E-state index in [1.807, 2.05) is 12.2 Å². The predicted molar refractivity (Wildman–Crippen MR) is 96.0 cm³/mol. The molecule has 0 rings (SSSR count). The Hall–Kier alpha value is -1.05. The highest BCUT2D eigenvalue weighted by molar-refractivity contribution is 5.69. The quantitative estimate of drug-likeness (QED) is 0.177. The van der Waals surface area contributed by atoms with Gasteiger partial charge in [-0.3, -0.25) is 4.79 Å². The van der Waals surface area contributed by atoms with E-state index in [2.05, 4.69) is 13.2 Å². The van der Waals surface area contributed by atoms with Crippen LogP contribution in [-0.4, -0.2) is 12.6 Å². The minimum atomic E-state index is -0.0571. The first-order valence-corrected chi connectivity index (χ1v) is 9.18. The number of hydrogen-bond acceptors (Lipinski definition) is 2. The second-order valence-electron chi connectivity index (χ2n) is 6.01. The highest BCUT2D eigenvalue weighted by Crippen LogP contribution is 2.11. The zero-order valence-corrected chi connectivity index (χ0v) is 14.5. The number of esters is 1. The Balaban J connectivity index is 3.09. The first-order chi connectivity index (χ1) is 10.8. The third kappa shape index (κ3) is 17.0. The van der Waals surface area contributed by atoms with E-state index >= 15 is 0 Å². The molecule has 0 aromatic carbocycles. The molecule has 0 bridgehead atoms. The van der Waals surface area contributed by atoms with E-state index in [-0.39, 0.29) is 5.97 Å². The van der Waals surface area contributed by atoms with Crippen molar-refractivity contribution in [1.29, 1.82) is 0 Å². The number of unbranched alkanes of at least 4 members (excludes halogenated alkanes) is 11. The molecule has 0 aliphatic rings. The van der Waals surface area contributed by atoms with Crippen molar-refractivity contribution in [2.75, 3.05) is 6.61 Å². The summed E-state index contributed by atoms with van der Waals surface area (Å²) in [5, 5.41) is 0. The highest BCUT2D eigenvalue weighted by atomic mass is 16.5. The van der Waals surface area contributed by atoms with E-state index in [1.54, 1.807) is 0 Å². The van der Waals surface area contributed by atoms with Crippen LogP contribution in [0.4, 0.5) is 0 Å². The predicted octanol–water partition coefficient (Wildman–Crippen LogP) is 6.36. The van der Waals surface area contributed by atoms with Gasteiger partial charge in [-0.1, -0.05) is 63.5 Å². The number of allylic oxidation sites excluding steroid dienone is 2. The minimum absolute atomic E-state index is 0.0571. The van der Waals surface area contributed by atoms with Crippen molar-refractivity contribution in [2.24, 2.45) is 0 Å². The van der Waals surface area contributed by atoms with Crippen LogP contribution >= 0.6 is 0 Å². The van der Waals surface area contributed by atoms with Crippen LogP contribution in [0.1, 0.15) is 89.9 Å². The zero-order valence-electron chi connectivity index (χ0n) is 14.5. The summed E-state index contributed by atoms with van der Waals surface area (Å²) in [5.74, 6) is -0.0571. The molecule has 0 spiro atoms. The molecule has 0 N–H and O–H groups in total. The molecule has 0 aromatic rings. The molecule has 0 unspecified atom stereocenters. The maximum atomic E-state index is 11.4. The van der Waals surface area contributed by atoms with Gasteiger partial charge in [0.1, 0.15) is 0 Å². The third-order valence-corrected chi connectivity index (χ3v) is 3.85. The fourth-order valence-electron chi connectivity index (χ4n) is 2.45. The van der Waals surface area contributed by atoms with E-state index < -0.39 is 0 Å². The van der Waals surface area contributed by atoms with Crippen molar-refractivity contribution < 1.29 is 9.53 Å². The lowest BCUT2D eigenvalue weighted by molar-refractivity contribution is -0.143. The molecule has 0 radical (unpaired) electrons. The molecular formula is C20H36O2. The fourth-order valence-corrected chi connectivity index (χ4v) is 2.45. The summed E-state index contributed by atoms with van der Waals surface area (Å²) in [4.78, 5) is 11.4. The van der Waals surface area contributed by atoms with Crippen LogP contribution in [-0.2, 0) is 9.53 Å². The van der Waals surface area contributed by atoms with E-state index in [0.29, 0.717) is 13.0 Å². The maximum Gasteiger partial charge on any atom is 0.305 e. The van der Waals surface area contributed by atoms with Gasteiger partial charge in [0.2, 0.25) is 0 Å². The van der Waals surface area contributed by atoms with Crippen molar-refractivity contribution >= 4 is 5.97 Å². The van der Waals surface area contributed by atoms with Crippen LogP contribution < -0.4 is 0 Å². The van der Waals surface area contributed by atoms with Gasteiger partial charge in [0, 0.05) is 6.42 Å². The van der Waals surface area contributed by atoms with Gasteiger partial charge >= 0.3 is 5.97 Å². The Morgan fingerprint density at radius 1 is 0.682 bits per heavy atom. The van der Waals surface area contributed by atoms with E-state index in [9.17, 15) is 4.79 Å². The number of carbonyl (C=O) groups is 1. The van der Waals surface area contributed by atoms with Gasteiger partial charge in [0.05, 0.1) is 6.61 Å². The molecule has 128 valence electrons. The van der Waals surface area contributed by atoms with Crippen molar-refractivity contribution in [1.82, 2.24) is 0 Å². The number of carbonyl (C=O) groups excluding carboxylic acids is 1. The first kappa shape index (κ1) is 20.9. The summed E-state index contributed by atoms with van der Waals surface area (Å²) in [6.45, 7) is 7.98. The third-order valence-electron chi connectivity index (χ3n) is 3.85. The summed E-state index contributed by atoms with van der Waals surface area (Å²) in [7, 11) is 0. The smallest absolute Gasteiger partial charge is 0.305 e. The molecule has 2 nitrogen and oxygen atoms in total. The first-order valence-electron chi connectivity index (χ1n) is 9.18. The van der Waals surface area contributed by atoms with E-state index in [0.717, 1.165) is 19.3 Å². The highest BCUT2D eigenvalue weighted by Gasteiger charge is 2.01. The van der Waals surface area contributed by atoms with Crippen molar-refractivity contribution in [3.8, 4) is 0 Å². The topological polar surface area (TPSA) is 26.3 Å². The molecule has 2 heteroatoms. The standard InChI is InChI=1S/C20H36O2/c1-3-5-7-8-9-10-11-12-13-14-15-17-19-22-20(21)18-16-6-4-2/h3-4H,1-2,5-19H2. The van der Waals surface area contributed by atoms with Gasteiger partial charge in [-0.25, -0.2) is 0 Å². The van der Waals surface area contributed by atoms with Gasteiger partial charge < -0.3 is 4.74 Å². The SMILES string of the molecule is C=CCCCCCCCCCCCCOC(=O)CCCC=C.